The third-order valence-corrected chi connectivity index (χ3v) is 4.15. The van der Waals surface area contributed by atoms with Gasteiger partial charge in [0.2, 0.25) is 0 Å². The number of esters is 1. The molecule has 0 saturated carbocycles. The Morgan fingerprint density at radius 3 is 2.40 bits per heavy atom. The SMILES string of the molecule is COc1ccc(C(=O)Oc2cccc(/C=N\NC(=O)[C@H](O)c3ccccc3)c2)cc1. The lowest BCUT2D eigenvalue weighted by Crippen LogP contribution is -2.25. The molecule has 3 aromatic carbocycles. The molecule has 152 valence electrons. The highest BCUT2D eigenvalue weighted by Crippen LogP contribution is 2.17. The summed E-state index contributed by atoms with van der Waals surface area (Å²) >= 11 is 0. The molecule has 7 nitrogen and oxygen atoms in total. The van der Waals surface area contributed by atoms with Crippen molar-refractivity contribution in [2.75, 3.05) is 7.11 Å². The summed E-state index contributed by atoms with van der Waals surface area (Å²) in [4.78, 5) is 24.3. The number of rotatable bonds is 7. The largest absolute Gasteiger partial charge is 0.497 e. The summed E-state index contributed by atoms with van der Waals surface area (Å²) in [6.45, 7) is 0. The number of methoxy groups -OCH3 is 1. The van der Waals surface area contributed by atoms with Gasteiger partial charge in [-0.2, -0.15) is 5.10 Å². The third kappa shape index (κ3) is 5.52. The van der Waals surface area contributed by atoms with Gasteiger partial charge in [-0.3, -0.25) is 4.79 Å². The van der Waals surface area contributed by atoms with Gasteiger partial charge < -0.3 is 14.6 Å². The summed E-state index contributed by atoms with van der Waals surface area (Å²) in [6, 6.07) is 21.8. The molecule has 0 fully saturated rings. The molecule has 3 aromatic rings. The summed E-state index contributed by atoms with van der Waals surface area (Å²) < 4.78 is 10.4. The van der Waals surface area contributed by atoms with Gasteiger partial charge in [-0.1, -0.05) is 42.5 Å². The van der Waals surface area contributed by atoms with Crippen molar-refractivity contribution in [2.24, 2.45) is 5.10 Å². The summed E-state index contributed by atoms with van der Waals surface area (Å²) in [5.74, 6) is -0.190. The Bertz CT molecular complexity index is 1030. The van der Waals surface area contributed by atoms with Crippen LogP contribution in [0.15, 0.2) is 84.0 Å². The highest BCUT2D eigenvalue weighted by molar-refractivity contribution is 5.91. The first-order valence-electron chi connectivity index (χ1n) is 9.09. The van der Waals surface area contributed by atoms with Crippen LogP contribution in [-0.4, -0.2) is 30.3 Å². The highest BCUT2D eigenvalue weighted by Gasteiger charge is 2.16. The molecular formula is C23H20N2O5. The smallest absolute Gasteiger partial charge is 0.343 e. The van der Waals surface area contributed by atoms with Gasteiger partial charge in [-0.05, 0) is 47.5 Å². The molecule has 2 N–H and O–H groups in total. The molecule has 30 heavy (non-hydrogen) atoms. The van der Waals surface area contributed by atoms with E-state index in [1.807, 2.05) is 0 Å². The van der Waals surface area contributed by atoms with Crippen LogP contribution < -0.4 is 14.9 Å². The first-order valence-corrected chi connectivity index (χ1v) is 9.09. The molecule has 1 atom stereocenters. The number of aliphatic hydroxyl groups is 1. The molecule has 0 aromatic heterocycles. The number of benzene rings is 3. The van der Waals surface area contributed by atoms with Crippen LogP contribution in [0.3, 0.4) is 0 Å². The summed E-state index contributed by atoms with van der Waals surface area (Å²) in [7, 11) is 1.55. The fraction of sp³-hybridized carbons (Fsp3) is 0.0870. The number of carbonyl (C=O) groups is 2. The van der Waals surface area contributed by atoms with Crippen molar-refractivity contribution >= 4 is 18.1 Å². The monoisotopic (exact) mass is 404 g/mol. The first-order chi connectivity index (χ1) is 14.6. The van der Waals surface area contributed by atoms with Crippen LogP contribution in [0.1, 0.15) is 27.6 Å². The van der Waals surface area contributed by atoms with E-state index in [0.29, 0.717) is 28.2 Å². The van der Waals surface area contributed by atoms with Crippen molar-refractivity contribution in [3.8, 4) is 11.5 Å². The van der Waals surface area contributed by atoms with Gasteiger partial charge in [-0.25, -0.2) is 10.2 Å². The zero-order valence-corrected chi connectivity index (χ0v) is 16.2. The van der Waals surface area contributed by atoms with E-state index in [4.69, 9.17) is 9.47 Å². The van der Waals surface area contributed by atoms with Crippen molar-refractivity contribution < 1.29 is 24.2 Å². The Balaban J connectivity index is 1.59. The second-order valence-corrected chi connectivity index (χ2v) is 6.24. The average molecular weight is 404 g/mol. The molecule has 7 heteroatoms. The maximum absolute atomic E-state index is 12.3. The van der Waals surface area contributed by atoms with Gasteiger partial charge in [0.05, 0.1) is 18.9 Å². The van der Waals surface area contributed by atoms with Crippen LogP contribution in [0.4, 0.5) is 0 Å². The minimum Gasteiger partial charge on any atom is -0.497 e. The number of hydrogen-bond donors (Lipinski definition) is 2. The summed E-state index contributed by atoms with van der Waals surface area (Å²) in [5.41, 5.74) is 3.74. The minimum absolute atomic E-state index is 0.329. The Labute approximate surface area is 173 Å². The van der Waals surface area contributed by atoms with Gasteiger partial charge in [0, 0.05) is 0 Å². The van der Waals surface area contributed by atoms with Gasteiger partial charge >= 0.3 is 5.97 Å². The number of amides is 1. The molecule has 3 rings (SSSR count). The van der Waals surface area contributed by atoms with Crippen LogP contribution in [0, 0.1) is 0 Å². The number of nitrogens with zero attached hydrogens (tertiary/aromatic N) is 1. The van der Waals surface area contributed by atoms with E-state index >= 15 is 0 Å². The van der Waals surface area contributed by atoms with Gasteiger partial charge in [0.25, 0.3) is 5.91 Å². The summed E-state index contributed by atoms with van der Waals surface area (Å²) in [6.07, 6.45) is 0.0699. The van der Waals surface area contributed by atoms with Gasteiger partial charge in [0.1, 0.15) is 11.5 Å². The quantitative estimate of drug-likeness (QED) is 0.273. The molecule has 0 heterocycles. The molecule has 0 unspecified atom stereocenters. The second kappa shape index (κ2) is 9.99. The number of ether oxygens (including phenoxy) is 2. The van der Waals surface area contributed by atoms with Gasteiger partial charge in [0.15, 0.2) is 6.10 Å². The van der Waals surface area contributed by atoms with Crippen molar-refractivity contribution in [1.29, 1.82) is 0 Å². The number of nitrogens with one attached hydrogen (secondary N) is 1. The summed E-state index contributed by atoms with van der Waals surface area (Å²) in [5, 5.41) is 13.9. The van der Waals surface area contributed by atoms with E-state index in [2.05, 4.69) is 10.5 Å². The van der Waals surface area contributed by atoms with E-state index in [1.165, 1.54) is 6.21 Å². The lowest BCUT2D eigenvalue weighted by molar-refractivity contribution is -0.129. The van der Waals surface area contributed by atoms with Crippen LogP contribution in [0.25, 0.3) is 0 Å². The Morgan fingerprint density at radius 1 is 0.967 bits per heavy atom. The van der Waals surface area contributed by atoms with Crippen molar-refractivity contribution in [3.05, 3.63) is 95.6 Å². The Hall–Kier alpha value is -3.97. The van der Waals surface area contributed by atoms with Crippen LogP contribution in [0.2, 0.25) is 0 Å². The average Bonchev–Trinajstić information content (AvgIpc) is 2.79. The Kier molecular flexibility index (Phi) is 6.91. The lowest BCUT2D eigenvalue weighted by Gasteiger charge is -2.08. The van der Waals surface area contributed by atoms with E-state index < -0.39 is 18.0 Å². The van der Waals surface area contributed by atoms with E-state index in [0.717, 1.165) is 0 Å². The minimum atomic E-state index is -1.32. The molecular weight excluding hydrogens is 384 g/mol. The molecule has 0 radical (unpaired) electrons. The van der Waals surface area contributed by atoms with E-state index in [1.54, 1.807) is 86.0 Å². The maximum atomic E-state index is 12.3. The van der Waals surface area contributed by atoms with Crippen LogP contribution >= 0.6 is 0 Å². The second-order valence-electron chi connectivity index (χ2n) is 6.24. The van der Waals surface area contributed by atoms with Crippen molar-refractivity contribution in [2.45, 2.75) is 6.10 Å². The van der Waals surface area contributed by atoms with Crippen LogP contribution in [0.5, 0.6) is 11.5 Å². The lowest BCUT2D eigenvalue weighted by atomic mass is 10.1. The number of carbonyl (C=O) groups excluding carboxylic acids is 2. The van der Waals surface area contributed by atoms with Crippen molar-refractivity contribution in [3.63, 3.8) is 0 Å². The van der Waals surface area contributed by atoms with Crippen LogP contribution in [-0.2, 0) is 4.79 Å². The predicted octanol–water partition coefficient (Wildman–Crippen LogP) is 3.10. The fourth-order valence-corrected chi connectivity index (χ4v) is 2.57. The molecule has 0 aliphatic heterocycles. The van der Waals surface area contributed by atoms with E-state index in [-0.39, 0.29) is 0 Å². The van der Waals surface area contributed by atoms with Crippen molar-refractivity contribution in [1.82, 2.24) is 5.43 Å². The van der Waals surface area contributed by atoms with Gasteiger partial charge in [-0.15, -0.1) is 0 Å². The third-order valence-electron chi connectivity index (χ3n) is 4.15. The normalized spacial score (nSPS) is 11.7. The number of aliphatic hydroxyl groups excluding tert-OH is 1. The number of hydrazone groups is 1. The molecule has 1 amide bonds. The standard InChI is InChI=1S/C23H20N2O5/c1-29-19-12-10-18(11-13-19)23(28)30-20-9-5-6-16(14-20)15-24-25-22(27)21(26)17-7-3-2-4-8-17/h2-15,21,26H,1H3,(H,25,27)/b24-15-/t21-/m1/s1. The zero-order chi connectivity index (χ0) is 21.3. The molecule has 0 aliphatic rings. The molecule has 0 saturated heterocycles. The molecule has 0 spiro atoms. The molecule has 0 aliphatic carbocycles. The topological polar surface area (TPSA) is 97.2 Å². The highest BCUT2D eigenvalue weighted by atomic mass is 16.5. The maximum Gasteiger partial charge on any atom is 0.343 e. The van der Waals surface area contributed by atoms with E-state index in [9.17, 15) is 14.7 Å². The Morgan fingerprint density at radius 2 is 1.70 bits per heavy atom. The number of hydrogen-bond acceptors (Lipinski definition) is 6. The predicted molar refractivity (Wildman–Crippen MR) is 112 cm³/mol. The fourth-order valence-electron chi connectivity index (χ4n) is 2.57. The zero-order valence-electron chi connectivity index (χ0n) is 16.2. The molecule has 0 bridgehead atoms. The first kappa shape index (κ1) is 20.8.